The molecule has 0 radical (unpaired) electrons. The van der Waals surface area contributed by atoms with Crippen LogP contribution in [-0.2, 0) is 16.1 Å². The second kappa shape index (κ2) is 11.0. The molecule has 1 aromatic carbocycles. The van der Waals surface area contributed by atoms with Crippen LogP contribution in [0.25, 0.3) is 17.5 Å². The van der Waals surface area contributed by atoms with Crippen molar-refractivity contribution in [1.29, 1.82) is 0 Å². The number of hydrogen-bond donors (Lipinski definition) is 1. The Morgan fingerprint density at radius 2 is 1.87 bits per heavy atom. The van der Waals surface area contributed by atoms with Gasteiger partial charge in [-0.05, 0) is 63.8 Å². The van der Waals surface area contributed by atoms with Crippen LogP contribution in [0.15, 0.2) is 56.9 Å². The molecule has 0 unspecified atom stereocenters. The Hall–Kier alpha value is -3.98. The van der Waals surface area contributed by atoms with Crippen molar-refractivity contribution in [1.82, 2.24) is 19.6 Å². The summed E-state index contributed by atoms with van der Waals surface area (Å²) in [7, 11) is 0. The number of aryl methyl sites for hydroxylation is 2. The number of hydrogen-bond acceptors (Lipinski definition) is 8. The summed E-state index contributed by atoms with van der Waals surface area (Å²) in [5.41, 5.74) is 6.54. The van der Waals surface area contributed by atoms with Crippen molar-refractivity contribution < 1.29 is 19.2 Å². The number of nitrogens with zero attached hydrogens (tertiary/aromatic N) is 5. The topological polar surface area (TPSA) is 106 Å². The van der Waals surface area contributed by atoms with Gasteiger partial charge in [0.25, 0.3) is 0 Å². The van der Waals surface area contributed by atoms with Crippen LogP contribution in [0.2, 0.25) is 0 Å². The lowest BCUT2D eigenvalue weighted by molar-refractivity contribution is -0.138. The number of esters is 1. The molecule has 4 heterocycles. The van der Waals surface area contributed by atoms with Crippen molar-refractivity contribution >= 4 is 17.8 Å². The molecule has 0 aliphatic carbocycles. The number of benzene rings is 1. The van der Waals surface area contributed by atoms with Crippen molar-refractivity contribution in [3.8, 4) is 11.4 Å². The first-order chi connectivity index (χ1) is 18.7. The van der Waals surface area contributed by atoms with Crippen LogP contribution >= 0.6 is 0 Å². The van der Waals surface area contributed by atoms with Crippen LogP contribution in [0, 0.1) is 20.8 Å². The lowest BCUT2D eigenvalue weighted by Crippen LogP contribution is -2.34. The summed E-state index contributed by atoms with van der Waals surface area (Å²) in [6.07, 6.45) is 3.97. The Morgan fingerprint density at radius 1 is 1.15 bits per heavy atom. The molecular weight excluding hydrogens is 494 g/mol. The van der Waals surface area contributed by atoms with E-state index in [4.69, 9.17) is 9.26 Å². The van der Waals surface area contributed by atoms with E-state index >= 15 is 0 Å². The summed E-state index contributed by atoms with van der Waals surface area (Å²) in [5, 5.41) is 14.7. The van der Waals surface area contributed by atoms with Crippen molar-refractivity contribution in [3.63, 3.8) is 0 Å². The Kier molecular flexibility index (Phi) is 7.52. The molecule has 2 aliphatic rings. The average Bonchev–Trinajstić information content (AvgIpc) is 3.55. The third-order valence-electron chi connectivity index (χ3n) is 7.49. The fourth-order valence-corrected chi connectivity index (χ4v) is 5.56. The van der Waals surface area contributed by atoms with E-state index in [0.29, 0.717) is 29.2 Å². The Balaban J connectivity index is 1.24. The molecule has 39 heavy (non-hydrogen) atoms. The largest absolute Gasteiger partial charge is 0.505 e. The maximum Gasteiger partial charge on any atom is 0.343 e. The van der Waals surface area contributed by atoms with Gasteiger partial charge in [0, 0.05) is 49.6 Å². The Morgan fingerprint density at radius 3 is 2.51 bits per heavy atom. The third-order valence-corrected chi connectivity index (χ3v) is 7.49. The molecule has 3 aromatic rings. The van der Waals surface area contributed by atoms with Gasteiger partial charge in [0.05, 0.1) is 12.3 Å². The van der Waals surface area contributed by atoms with E-state index < -0.39 is 5.97 Å². The van der Waals surface area contributed by atoms with E-state index in [9.17, 15) is 9.90 Å². The molecule has 5 rings (SSSR count). The van der Waals surface area contributed by atoms with E-state index in [1.165, 1.54) is 11.3 Å². The maximum atomic E-state index is 12.2. The van der Waals surface area contributed by atoms with E-state index in [0.717, 1.165) is 49.3 Å². The predicted molar refractivity (Wildman–Crippen MR) is 149 cm³/mol. The van der Waals surface area contributed by atoms with Gasteiger partial charge >= 0.3 is 5.97 Å². The summed E-state index contributed by atoms with van der Waals surface area (Å²) in [6, 6.07) is 10.9. The van der Waals surface area contributed by atoms with E-state index in [-0.39, 0.29) is 17.9 Å². The fourth-order valence-electron chi connectivity index (χ4n) is 5.56. The molecule has 0 saturated carbocycles. The highest BCUT2D eigenvalue weighted by Crippen LogP contribution is 2.32. The number of piperidine rings is 1. The molecule has 9 heteroatoms. The molecule has 2 aromatic heterocycles. The van der Waals surface area contributed by atoms with Gasteiger partial charge in [-0.2, -0.15) is 4.98 Å². The van der Waals surface area contributed by atoms with E-state index in [2.05, 4.69) is 56.6 Å². The summed E-state index contributed by atoms with van der Waals surface area (Å²) in [4.78, 5) is 23.5. The van der Waals surface area contributed by atoms with Gasteiger partial charge in [-0.15, -0.1) is 0 Å². The first-order valence-electron chi connectivity index (χ1n) is 13.4. The molecule has 0 atom stereocenters. The normalized spacial score (nSPS) is 17.8. The van der Waals surface area contributed by atoms with Crippen LogP contribution in [-0.4, -0.2) is 56.1 Å². The number of aliphatic imine (C=N–C) groups is 1. The van der Waals surface area contributed by atoms with E-state index in [1.807, 2.05) is 18.2 Å². The summed E-state index contributed by atoms with van der Waals surface area (Å²) in [6.45, 7) is 12.7. The van der Waals surface area contributed by atoms with Crippen molar-refractivity contribution in [2.45, 2.75) is 60.0 Å². The van der Waals surface area contributed by atoms with Gasteiger partial charge in [-0.3, -0.25) is 4.90 Å². The van der Waals surface area contributed by atoms with Crippen molar-refractivity contribution in [3.05, 3.63) is 75.8 Å². The maximum absolute atomic E-state index is 12.2. The minimum absolute atomic E-state index is 0.121. The van der Waals surface area contributed by atoms with Crippen LogP contribution in [0.4, 0.5) is 0 Å². The minimum Gasteiger partial charge on any atom is -0.505 e. The number of aliphatic hydroxyl groups excluding tert-OH is 1. The molecule has 1 fully saturated rings. The predicted octanol–water partition coefficient (Wildman–Crippen LogP) is 5.49. The smallest absolute Gasteiger partial charge is 0.343 e. The molecule has 0 amide bonds. The standard InChI is InChI=1S/C30H35N5O4/c1-6-38-30(37)27-19(3)31-26(28(27)36)16-24-15-18(2)35(20(24)4)25-11-13-34(14-12-25)17-22-7-9-23(10-8-22)29-32-21(5)39-33-29/h7-10,15-16,25,36H,6,11-14,17H2,1-5H3/b26-16+. The molecule has 0 spiro atoms. The summed E-state index contributed by atoms with van der Waals surface area (Å²) in [5.74, 6) is 0.515. The second-order valence-electron chi connectivity index (χ2n) is 10.2. The zero-order valence-electron chi connectivity index (χ0n) is 23.2. The van der Waals surface area contributed by atoms with Crippen molar-refractivity contribution in [2.24, 2.45) is 4.99 Å². The number of carbonyl (C=O) groups is 1. The number of likely N-dealkylation sites (tertiary alicyclic amines) is 1. The van der Waals surface area contributed by atoms with Crippen LogP contribution in [0.1, 0.15) is 61.1 Å². The number of carbonyl (C=O) groups excluding carboxylic acids is 1. The van der Waals surface area contributed by atoms with Gasteiger partial charge < -0.3 is 18.9 Å². The Labute approximate surface area is 228 Å². The van der Waals surface area contributed by atoms with Crippen LogP contribution in [0.3, 0.4) is 0 Å². The van der Waals surface area contributed by atoms with Gasteiger partial charge in [-0.25, -0.2) is 9.79 Å². The van der Waals surface area contributed by atoms with Crippen LogP contribution < -0.4 is 0 Å². The molecule has 2 aliphatic heterocycles. The molecule has 1 N–H and O–H groups in total. The first kappa shape index (κ1) is 26.6. The van der Waals surface area contributed by atoms with Gasteiger partial charge in [0.15, 0.2) is 5.76 Å². The molecule has 1 saturated heterocycles. The Bertz CT molecular complexity index is 1470. The molecule has 9 nitrogen and oxygen atoms in total. The third kappa shape index (κ3) is 5.45. The minimum atomic E-state index is -0.546. The fraction of sp³-hybridized carbons (Fsp3) is 0.400. The van der Waals surface area contributed by atoms with Gasteiger partial charge in [0.1, 0.15) is 11.3 Å². The highest BCUT2D eigenvalue weighted by molar-refractivity contribution is 6.22. The van der Waals surface area contributed by atoms with Gasteiger partial charge in [0.2, 0.25) is 11.7 Å². The SMILES string of the molecule is CCOC(=O)C1=C(O)/C(=C\c2cc(C)n(C3CCN(Cc4ccc(-c5noc(C)n5)cc4)CC3)c2C)N=C1C. The lowest BCUT2D eigenvalue weighted by Gasteiger charge is -2.34. The monoisotopic (exact) mass is 529 g/mol. The highest BCUT2D eigenvalue weighted by Gasteiger charge is 2.28. The van der Waals surface area contributed by atoms with Crippen LogP contribution in [0.5, 0.6) is 0 Å². The lowest BCUT2D eigenvalue weighted by atomic mass is 10.0. The van der Waals surface area contributed by atoms with Crippen molar-refractivity contribution in [2.75, 3.05) is 19.7 Å². The molecule has 0 bridgehead atoms. The zero-order valence-corrected chi connectivity index (χ0v) is 23.2. The molecular formula is C30H35N5O4. The first-order valence-corrected chi connectivity index (χ1v) is 13.4. The number of aliphatic hydroxyl groups is 1. The second-order valence-corrected chi connectivity index (χ2v) is 10.2. The van der Waals surface area contributed by atoms with E-state index in [1.54, 1.807) is 20.8 Å². The zero-order chi connectivity index (χ0) is 27.7. The molecule has 204 valence electrons. The number of aromatic nitrogens is 3. The number of rotatable bonds is 7. The highest BCUT2D eigenvalue weighted by atomic mass is 16.5. The van der Waals surface area contributed by atoms with Gasteiger partial charge in [-0.1, -0.05) is 29.4 Å². The summed E-state index contributed by atoms with van der Waals surface area (Å²) >= 11 is 0. The average molecular weight is 530 g/mol. The number of ether oxygens (including phenoxy) is 1. The summed E-state index contributed by atoms with van der Waals surface area (Å²) < 4.78 is 12.6. The quantitative estimate of drug-likeness (QED) is 0.403.